The molecule has 0 spiro atoms. The third-order valence-electron chi connectivity index (χ3n) is 4.80. The summed E-state index contributed by atoms with van der Waals surface area (Å²) in [5.41, 5.74) is 0. The average molecular weight is 334 g/mol. The molecule has 0 aromatic rings. The Labute approximate surface area is 150 Å². The average Bonchev–Trinajstić information content (AvgIpc) is 3.13. The van der Waals surface area contributed by atoms with Gasteiger partial charge in [0, 0.05) is 19.5 Å². The van der Waals surface area contributed by atoms with Gasteiger partial charge in [-0.05, 0) is 44.9 Å². The van der Waals surface area contributed by atoms with E-state index in [-0.39, 0.29) is 0 Å². The predicted molar refractivity (Wildman–Crippen MR) is 105 cm³/mol. The van der Waals surface area contributed by atoms with Crippen LogP contribution < -0.4 is 0 Å². The molecule has 0 bridgehead atoms. The molecule has 0 aromatic heterocycles. The van der Waals surface area contributed by atoms with E-state index in [2.05, 4.69) is 31.2 Å². The molecule has 1 saturated heterocycles. The molecule has 0 aliphatic carbocycles. The van der Waals surface area contributed by atoms with Crippen molar-refractivity contribution in [2.75, 3.05) is 13.1 Å². The molecular weight excluding hydrogens is 294 g/mol. The molecule has 1 aliphatic rings. The summed E-state index contributed by atoms with van der Waals surface area (Å²) >= 11 is 0. The number of carbonyl (C=O) groups is 1. The normalized spacial score (nSPS) is 15.1. The van der Waals surface area contributed by atoms with E-state index in [1.807, 2.05) is 4.90 Å². The van der Waals surface area contributed by atoms with Gasteiger partial charge in [0.2, 0.25) is 5.91 Å². The SMILES string of the molecule is CCCCCCCCCC=CCC=CCCCC(=O)N1CCCC1. The van der Waals surface area contributed by atoms with E-state index in [0.717, 1.165) is 38.8 Å². The predicted octanol–water partition coefficient (Wildman–Crippen LogP) is 6.42. The molecule has 0 unspecified atom stereocenters. The van der Waals surface area contributed by atoms with Crippen molar-refractivity contribution in [1.29, 1.82) is 0 Å². The Balaban J connectivity index is 1.84. The number of hydrogen-bond acceptors (Lipinski definition) is 1. The lowest BCUT2D eigenvalue weighted by Gasteiger charge is -2.14. The monoisotopic (exact) mass is 333 g/mol. The van der Waals surface area contributed by atoms with Gasteiger partial charge >= 0.3 is 0 Å². The molecule has 1 heterocycles. The third-order valence-corrected chi connectivity index (χ3v) is 4.80. The van der Waals surface area contributed by atoms with Crippen LogP contribution in [0.3, 0.4) is 0 Å². The van der Waals surface area contributed by atoms with Gasteiger partial charge in [0.25, 0.3) is 0 Å². The van der Waals surface area contributed by atoms with E-state index < -0.39 is 0 Å². The fourth-order valence-electron chi connectivity index (χ4n) is 3.22. The van der Waals surface area contributed by atoms with Gasteiger partial charge in [-0.15, -0.1) is 0 Å². The summed E-state index contributed by atoms with van der Waals surface area (Å²) in [6.07, 6.45) is 26.2. The Morgan fingerprint density at radius 1 is 0.792 bits per heavy atom. The van der Waals surface area contributed by atoms with Gasteiger partial charge in [-0.2, -0.15) is 0 Å². The van der Waals surface area contributed by atoms with Gasteiger partial charge < -0.3 is 4.90 Å². The van der Waals surface area contributed by atoms with E-state index in [0.29, 0.717) is 5.91 Å². The topological polar surface area (TPSA) is 20.3 Å². The lowest BCUT2D eigenvalue weighted by Crippen LogP contribution is -2.27. The highest BCUT2D eigenvalue weighted by Gasteiger charge is 2.16. The van der Waals surface area contributed by atoms with Crippen molar-refractivity contribution in [2.24, 2.45) is 0 Å². The quantitative estimate of drug-likeness (QED) is 0.265. The van der Waals surface area contributed by atoms with E-state index in [1.165, 1.54) is 64.2 Å². The Bertz CT molecular complexity index is 353. The van der Waals surface area contributed by atoms with Crippen molar-refractivity contribution in [3.05, 3.63) is 24.3 Å². The number of likely N-dealkylation sites (tertiary alicyclic amines) is 1. The maximum Gasteiger partial charge on any atom is 0.222 e. The molecule has 0 radical (unpaired) electrons. The first-order chi connectivity index (χ1) is 11.8. The van der Waals surface area contributed by atoms with Crippen LogP contribution in [0.25, 0.3) is 0 Å². The van der Waals surface area contributed by atoms with Gasteiger partial charge in [-0.3, -0.25) is 4.79 Å². The van der Waals surface area contributed by atoms with Crippen LogP contribution in [0, 0.1) is 0 Å². The zero-order chi connectivity index (χ0) is 17.3. The molecule has 2 heteroatoms. The Morgan fingerprint density at radius 3 is 2.04 bits per heavy atom. The summed E-state index contributed by atoms with van der Waals surface area (Å²) < 4.78 is 0. The minimum Gasteiger partial charge on any atom is -0.343 e. The van der Waals surface area contributed by atoms with Crippen LogP contribution in [0.1, 0.15) is 96.8 Å². The maximum absolute atomic E-state index is 11.9. The minimum absolute atomic E-state index is 0.357. The fourth-order valence-corrected chi connectivity index (χ4v) is 3.22. The number of rotatable bonds is 14. The van der Waals surface area contributed by atoms with Crippen LogP contribution >= 0.6 is 0 Å². The second-order valence-electron chi connectivity index (χ2n) is 7.07. The first kappa shape index (κ1) is 21.0. The second kappa shape index (κ2) is 15.5. The van der Waals surface area contributed by atoms with Crippen molar-refractivity contribution in [3.8, 4) is 0 Å². The van der Waals surface area contributed by atoms with Crippen LogP contribution in [-0.4, -0.2) is 23.9 Å². The van der Waals surface area contributed by atoms with Gasteiger partial charge in [-0.1, -0.05) is 69.8 Å². The molecule has 1 amide bonds. The van der Waals surface area contributed by atoms with Gasteiger partial charge in [0.05, 0.1) is 0 Å². The summed E-state index contributed by atoms with van der Waals surface area (Å²) in [5, 5.41) is 0. The highest BCUT2D eigenvalue weighted by molar-refractivity contribution is 5.76. The standard InChI is InChI=1S/C22H39NO/c1-2-3-4-5-6-7-8-9-10-11-12-13-14-15-16-19-22(24)23-20-17-18-21-23/h10-11,13-14H,2-9,12,15-21H2,1H3. The summed E-state index contributed by atoms with van der Waals surface area (Å²) in [5.74, 6) is 0.357. The Kier molecular flexibility index (Phi) is 13.5. The first-order valence-corrected chi connectivity index (χ1v) is 10.4. The molecular formula is C22H39NO. The van der Waals surface area contributed by atoms with Crippen molar-refractivity contribution < 1.29 is 4.79 Å². The molecule has 24 heavy (non-hydrogen) atoms. The lowest BCUT2D eigenvalue weighted by atomic mass is 10.1. The third kappa shape index (κ3) is 11.5. The van der Waals surface area contributed by atoms with Crippen LogP contribution in [-0.2, 0) is 4.79 Å². The van der Waals surface area contributed by atoms with Gasteiger partial charge in [0.15, 0.2) is 0 Å². The highest BCUT2D eigenvalue weighted by Crippen LogP contribution is 2.11. The zero-order valence-corrected chi connectivity index (χ0v) is 16.0. The zero-order valence-electron chi connectivity index (χ0n) is 16.0. The molecule has 138 valence electrons. The highest BCUT2D eigenvalue weighted by atomic mass is 16.2. The van der Waals surface area contributed by atoms with E-state index >= 15 is 0 Å². The smallest absolute Gasteiger partial charge is 0.222 e. The number of nitrogens with zero attached hydrogens (tertiary/aromatic N) is 1. The number of carbonyl (C=O) groups excluding carboxylic acids is 1. The van der Waals surface area contributed by atoms with Gasteiger partial charge in [0.1, 0.15) is 0 Å². The summed E-state index contributed by atoms with van der Waals surface area (Å²) in [6, 6.07) is 0. The lowest BCUT2D eigenvalue weighted by molar-refractivity contribution is -0.130. The summed E-state index contributed by atoms with van der Waals surface area (Å²) in [6.45, 7) is 4.24. The van der Waals surface area contributed by atoms with E-state index in [4.69, 9.17) is 0 Å². The van der Waals surface area contributed by atoms with Crippen LogP contribution in [0.5, 0.6) is 0 Å². The van der Waals surface area contributed by atoms with Crippen LogP contribution in [0.2, 0.25) is 0 Å². The second-order valence-corrected chi connectivity index (χ2v) is 7.07. The van der Waals surface area contributed by atoms with Crippen molar-refractivity contribution in [1.82, 2.24) is 4.90 Å². The van der Waals surface area contributed by atoms with Gasteiger partial charge in [-0.25, -0.2) is 0 Å². The largest absolute Gasteiger partial charge is 0.343 e. The number of unbranched alkanes of at least 4 members (excludes halogenated alkanes) is 8. The summed E-state index contributed by atoms with van der Waals surface area (Å²) in [4.78, 5) is 13.9. The molecule has 0 aromatic carbocycles. The molecule has 0 atom stereocenters. The molecule has 2 nitrogen and oxygen atoms in total. The van der Waals surface area contributed by atoms with Crippen molar-refractivity contribution >= 4 is 5.91 Å². The Morgan fingerprint density at radius 2 is 1.38 bits per heavy atom. The van der Waals surface area contributed by atoms with Crippen molar-refractivity contribution in [2.45, 2.75) is 96.8 Å². The summed E-state index contributed by atoms with van der Waals surface area (Å²) in [7, 11) is 0. The molecule has 1 rings (SSSR count). The van der Waals surface area contributed by atoms with Crippen molar-refractivity contribution in [3.63, 3.8) is 0 Å². The van der Waals surface area contributed by atoms with E-state index in [9.17, 15) is 4.79 Å². The minimum atomic E-state index is 0.357. The molecule has 0 N–H and O–H groups in total. The number of allylic oxidation sites excluding steroid dienone is 4. The Hall–Kier alpha value is -1.05. The number of hydrogen-bond donors (Lipinski definition) is 0. The van der Waals surface area contributed by atoms with Crippen LogP contribution in [0.4, 0.5) is 0 Å². The molecule has 0 saturated carbocycles. The molecule has 1 fully saturated rings. The first-order valence-electron chi connectivity index (χ1n) is 10.4. The molecule has 1 aliphatic heterocycles. The van der Waals surface area contributed by atoms with E-state index in [1.54, 1.807) is 0 Å². The fraction of sp³-hybridized carbons (Fsp3) is 0.773. The van der Waals surface area contributed by atoms with Crippen LogP contribution in [0.15, 0.2) is 24.3 Å². The maximum atomic E-state index is 11.9. The number of amides is 1.